The molecule has 4 aromatic rings. The number of hydrogen-bond acceptors (Lipinski definition) is 5. The van der Waals surface area contributed by atoms with Crippen LogP contribution >= 0.6 is 11.3 Å². The number of rotatable bonds is 7. The lowest BCUT2D eigenvalue weighted by molar-refractivity contribution is 0.0984. The molecule has 1 amide bonds. The number of carbonyl (C=O) groups is 1. The molecule has 0 atom stereocenters. The van der Waals surface area contributed by atoms with Gasteiger partial charge in [-0.05, 0) is 35.2 Å². The van der Waals surface area contributed by atoms with E-state index in [2.05, 4.69) is 32.0 Å². The zero-order valence-electron chi connectivity index (χ0n) is 18.7. The Morgan fingerprint density at radius 1 is 0.969 bits per heavy atom. The molecule has 32 heavy (non-hydrogen) atoms. The summed E-state index contributed by atoms with van der Waals surface area (Å²) in [5, 5.41) is 0.670. The van der Waals surface area contributed by atoms with E-state index in [1.807, 2.05) is 30.3 Å². The topological polar surface area (TPSA) is 51.7 Å². The summed E-state index contributed by atoms with van der Waals surface area (Å²) in [7, 11) is 3.15. The van der Waals surface area contributed by atoms with Gasteiger partial charge in [0.05, 0.1) is 31.0 Å². The van der Waals surface area contributed by atoms with E-state index in [-0.39, 0.29) is 5.91 Å². The molecule has 1 aromatic heterocycles. The number of benzene rings is 3. The van der Waals surface area contributed by atoms with E-state index in [1.54, 1.807) is 37.3 Å². The maximum Gasteiger partial charge on any atom is 0.260 e. The average molecular weight is 447 g/mol. The summed E-state index contributed by atoms with van der Waals surface area (Å²) >= 11 is 1.53. The molecule has 0 aliphatic heterocycles. The number of aromatic nitrogens is 1. The van der Waals surface area contributed by atoms with Crippen LogP contribution in [-0.4, -0.2) is 25.1 Å². The van der Waals surface area contributed by atoms with Crippen molar-refractivity contribution in [1.29, 1.82) is 0 Å². The fourth-order valence-corrected chi connectivity index (χ4v) is 4.62. The van der Waals surface area contributed by atoms with Crippen LogP contribution in [0.4, 0.5) is 5.13 Å². The zero-order valence-corrected chi connectivity index (χ0v) is 19.5. The SMILES string of the molecule is COc1cc(OC)cc(C(=O)N(Cc2ccccc2)c2nc3c(C(C)C)cccc3s2)c1. The van der Waals surface area contributed by atoms with Gasteiger partial charge in [0.2, 0.25) is 0 Å². The van der Waals surface area contributed by atoms with Crippen molar-refractivity contribution in [3.05, 3.63) is 83.4 Å². The van der Waals surface area contributed by atoms with Gasteiger partial charge in [-0.2, -0.15) is 0 Å². The largest absolute Gasteiger partial charge is 0.497 e. The van der Waals surface area contributed by atoms with Gasteiger partial charge in [0.15, 0.2) is 5.13 Å². The first-order valence-electron chi connectivity index (χ1n) is 10.5. The van der Waals surface area contributed by atoms with Gasteiger partial charge in [-0.15, -0.1) is 0 Å². The fraction of sp³-hybridized carbons (Fsp3) is 0.231. The van der Waals surface area contributed by atoms with Crippen molar-refractivity contribution in [3.8, 4) is 11.5 Å². The number of amides is 1. The summed E-state index contributed by atoms with van der Waals surface area (Å²) in [6.45, 7) is 4.72. The molecule has 0 aliphatic carbocycles. The van der Waals surface area contributed by atoms with Crippen molar-refractivity contribution in [2.45, 2.75) is 26.3 Å². The second-order valence-electron chi connectivity index (χ2n) is 7.82. The Hall–Kier alpha value is -3.38. The highest BCUT2D eigenvalue weighted by Crippen LogP contribution is 2.35. The van der Waals surface area contributed by atoms with E-state index in [9.17, 15) is 4.79 Å². The molecular formula is C26H26N2O3S. The summed E-state index contributed by atoms with van der Waals surface area (Å²) in [5.74, 6) is 1.32. The maximum atomic E-state index is 13.8. The number of para-hydroxylation sites is 1. The lowest BCUT2D eigenvalue weighted by Gasteiger charge is -2.21. The Morgan fingerprint density at radius 3 is 2.28 bits per heavy atom. The van der Waals surface area contributed by atoms with Gasteiger partial charge in [0, 0.05) is 11.6 Å². The third-order valence-corrected chi connectivity index (χ3v) is 6.36. The van der Waals surface area contributed by atoms with Crippen LogP contribution in [0.1, 0.15) is 41.3 Å². The lowest BCUT2D eigenvalue weighted by Crippen LogP contribution is -2.30. The van der Waals surface area contributed by atoms with Crippen LogP contribution in [0.2, 0.25) is 0 Å². The molecule has 0 radical (unpaired) electrons. The highest BCUT2D eigenvalue weighted by molar-refractivity contribution is 7.22. The molecule has 0 fully saturated rings. The number of ether oxygens (including phenoxy) is 2. The van der Waals surface area contributed by atoms with Crippen LogP contribution < -0.4 is 14.4 Å². The molecule has 164 valence electrons. The molecule has 0 aliphatic rings. The Labute approximate surface area is 192 Å². The smallest absolute Gasteiger partial charge is 0.260 e. The number of anilines is 1. The Morgan fingerprint density at radius 2 is 1.66 bits per heavy atom. The van der Waals surface area contributed by atoms with Gasteiger partial charge in [0.25, 0.3) is 5.91 Å². The molecule has 0 bridgehead atoms. The number of hydrogen-bond donors (Lipinski definition) is 0. The molecule has 4 rings (SSSR count). The Kier molecular flexibility index (Phi) is 6.42. The molecule has 0 spiro atoms. The standard InChI is InChI=1S/C26H26N2O3S/c1-17(2)22-11-8-12-23-24(22)27-26(32-23)28(16-18-9-6-5-7-10-18)25(29)19-13-20(30-3)15-21(14-19)31-4/h5-15,17H,16H2,1-4H3. The average Bonchev–Trinajstić information content (AvgIpc) is 3.26. The summed E-state index contributed by atoms with van der Waals surface area (Å²) in [4.78, 5) is 20.4. The van der Waals surface area contributed by atoms with Gasteiger partial charge < -0.3 is 9.47 Å². The van der Waals surface area contributed by atoms with E-state index in [0.717, 1.165) is 15.8 Å². The molecule has 5 nitrogen and oxygen atoms in total. The minimum atomic E-state index is -0.156. The highest BCUT2D eigenvalue weighted by Gasteiger charge is 2.24. The molecule has 1 heterocycles. The van der Waals surface area contributed by atoms with Gasteiger partial charge >= 0.3 is 0 Å². The van der Waals surface area contributed by atoms with Crippen molar-refractivity contribution in [1.82, 2.24) is 4.98 Å². The van der Waals surface area contributed by atoms with Crippen LogP contribution in [0.3, 0.4) is 0 Å². The number of fused-ring (bicyclic) bond motifs is 1. The molecule has 0 unspecified atom stereocenters. The van der Waals surface area contributed by atoms with Gasteiger partial charge in [-0.1, -0.05) is 67.6 Å². The molecule has 0 saturated heterocycles. The van der Waals surface area contributed by atoms with E-state index in [4.69, 9.17) is 14.5 Å². The van der Waals surface area contributed by atoms with Gasteiger partial charge in [-0.25, -0.2) is 4.98 Å². The van der Waals surface area contributed by atoms with Gasteiger partial charge in [-0.3, -0.25) is 9.69 Å². The number of thiazole rings is 1. The van der Waals surface area contributed by atoms with E-state index in [0.29, 0.717) is 34.7 Å². The number of carbonyl (C=O) groups excluding carboxylic acids is 1. The van der Waals surface area contributed by atoms with Crippen molar-refractivity contribution >= 4 is 32.6 Å². The van der Waals surface area contributed by atoms with Crippen molar-refractivity contribution in [3.63, 3.8) is 0 Å². The van der Waals surface area contributed by atoms with Crippen molar-refractivity contribution in [2.24, 2.45) is 0 Å². The minimum Gasteiger partial charge on any atom is -0.497 e. The number of nitrogens with zero attached hydrogens (tertiary/aromatic N) is 2. The first-order valence-corrected chi connectivity index (χ1v) is 11.3. The highest BCUT2D eigenvalue weighted by atomic mass is 32.1. The van der Waals surface area contributed by atoms with Crippen molar-refractivity contribution < 1.29 is 14.3 Å². The van der Waals surface area contributed by atoms with Crippen LogP contribution in [0.5, 0.6) is 11.5 Å². The first kappa shape index (κ1) is 21.8. The zero-order chi connectivity index (χ0) is 22.7. The van der Waals surface area contributed by atoms with Crippen LogP contribution in [-0.2, 0) is 6.54 Å². The van der Waals surface area contributed by atoms with E-state index >= 15 is 0 Å². The van der Waals surface area contributed by atoms with E-state index < -0.39 is 0 Å². The molecular weight excluding hydrogens is 420 g/mol. The fourth-order valence-electron chi connectivity index (χ4n) is 3.62. The third kappa shape index (κ3) is 4.46. The maximum absolute atomic E-state index is 13.8. The molecule has 3 aromatic carbocycles. The Balaban J connectivity index is 1.82. The summed E-state index contributed by atoms with van der Waals surface area (Å²) in [5.41, 5.74) is 3.65. The molecule has 6 heteroatoms. The predicted octanol–water partition coefficient (Wildman–Crippen LogP) is 6.28. The van der Waals surface area contributed by atoms with Gasteiger partial charge in [0.1, 0.15) is 11.5 Å². The normalized spacial score (nSPS) is 11.0. The molecule has 0 saturated carbocycles. The summed E-state index contributed by atoms with van der Waals surface area (Å²) in [6.07, 6.45) is 0. The second-order valence-corrected chi connectivity index (χ2v) is 8.83. The lowest BCUT2D eigenvalue weighted by atomic mass is 10.0. The van der Waals surface area contributed by atoms with Crippen molar-refractivity contribution in [2.75, 3.05) is 19.1 Å². The quantitative estimate of drug-likeness (QED) is 0.335. The monoisotopic (exact) mass is 446 g/mol. The number of methoxy groups -OCH3 is 2. The van der Waals surface area contributed by atoms with Crippen LogP contribution in [0, 0.1) is 0 Å². The first-order chi connectivity index (χ1) is 15.5. The second kappa shape index (κ2) is 9.40. The minimum absolute atomic E-state index is 0.156. The predicted molar refractivity (Wildman–Crippen MR) is 130 cm³/mol. The summed E-state index contributed by atoms with van der Waals surface area (Å²) < 4.78 is 11.8. The summed E-state index contributed by atoms with van der Waals surface area (Å²) in [6, 6.07) is 21.4. The van der Waals surface area contributed by atoms with Crippen LogP contribution in [0.15, 0.2) is 66.7 Å². The third-order valence-electron chi connectivity index (χ3n) is 5.32. The molecule has 0 N–H and O–H groups in total. The Bertz CT molecular complexity index is 1210. The van der Waals surface area contributed by atoms with E-state index in [1.165, 1.54) is 16.9 Å². The van der Waals surface area contributed by atoms with Crippen LogP contribution in [0.25, 0.3) is 10.2 Å².